The smallest absolute Gasteiger partial charge is 0.273 e. The number of ether oxygens (including phenoxy) is 1. The molecule has 0 bridgehead atoms. The van der Waals surface area contributed by atoms with E-state index >= 15 is 0 Å². The first-order valence-electron chi connectivity index (χ1n) is 7.79. The summed E-state index contributed by atoms with van der Waals surface area (Å²) in [5, 5.41) is 16.6. The van der Waals surface area contributed by atoms with Gasteiger partial charge in [0.15, 0.2) is 5.69 Å². The van der Waals surface area contributed by atoms with Gasteiger partial charge in [-0.05, 0) is 20.3 Å². The predicted molar refractivity (Wildman–Crippen MR) is 80.8 cm³/mol. The second-order valence-electron chi connectivity index (χ2n) is 5.55. The Labute approximate surface area is 134 Å². The van der Waals surface area contributed by atoms with Crippen LogP contribution < -0.4 is 5.32 Å². The monoisotopic (exact) mass is 325 g/mol. The number of likely N-dealkylation sites (tertiary alicyclic amines) is 1. The number of nitrogens with one attached hydrogen (secondary N) is 1. The molecule has 8 heteroatoms. The van der Waals surface area contributed by atoms with E-state index in [0.29, 0.717) is 38.4 Å². The highest BCUT2D eigenvalue weighted by atomic mass is 16.5. The third-order valence-electron chi connectivity index (χ3n) is 3.78. The van der Waals surface area contributed by atoms with Crippen molar-refractivity contribution >= 4 is 11.8 Å². The average Bonchev–Trinajstić information content (AvgIpc) is 2.96. The largest absolute Gasteiger partial charge is 0.389 e. The van der Waals surface area contributed by atoms with Gasteiger partial charge in [0.05, 0.1) is 25.2 Å². The molecule has 1 aromatic rings. The van der Waals surface area contributed by atoms with Gasteiger partial charge >= 0.3 is 0 Å². The van der Waals surface area contributed by atoms with Gasteiger partial charge in [0.2, 0.25) is 5.91 Å². The number of piperidine rings is 1. The molecule has 0 aromatic carbocycles. The highest BCUT2D eigenvalue weighted by Crippen LogP contribution is 2.13. The molecule has 2 N–H and O–H groups in total. The molecule has 0 spiro atoms. The zero-order valence-electron chi connectivity index (χ0n) is 13.4. The maximum absolute atomic E-state index is 12.0. The van der Waals surface area contributed by atoms with Crippen LogP contribution in [0.3, 0.4) is 0 Å². The Hall–Kier alpha value is -1.93. The summed E-state index contributed by atoms with van der Waals surface area (Å²) >= 11 is 0. The van der Waals surface area contributed by atoms with E-state index in [1.165, 1.54) is 6.07 Å². The van der Waals surface area contributed by atoms with Crippen molar-refractivity contribution in [2.75, 3.05) is 26.3 Å². The van der Waals surface area contributed by atoms with E-state index in [-0.39, 0.29) is 24.1 Å². The summed E-state index contributed by atoms with van der Waals surface area (Å²) in [5.41, 5.74) is 0.185. The van der Waals surface area contributed by atoms with E-state index in [9.17, 15) is 14.7 Å². The van der Waals surface area contributed by atoms with Gasteiger partial charge in [-0.15, -0.1) is 0 Å². The summed E-state index contributed by atoms with van der Waals surface area (Å²) in [6.45, 7) is 5.22. The average molecular weight is 325 g/mol. The number of aryl methyl sites for hydroxylation is 1. The Morgan fingerprint density at radius 2 is 2.35 bits per heavy atom. The third kappa shape index (κ3) is 4.77. The molecule has 1 aliphatic heterocycles. The van der Waals surface area contributed by atoms with Crippen molar-refractivity contribution in [3.8, 4) is 0 Å². The fourth-order valence-corrected chi connectivity index (χ4v) is 2.50. The van der Waals surface area contributed by atoms with Crippen molar-refractivity contribution in [3.63, 3.8) is 0 Å². The van der Waals surface area contributed by atoms with Crippen LogP contribution in [0.15, 0.2) is 10.6 Å². The summed E-state index contributed by atoms with van der Waals surface area (Å²) < 4.78 is 10.0. The lowest BCUT2D eigenvalue weighted by atomic mass is 10.0. The van der Waals surface area contributed by atoms with Gasteiger partial charge in [0.25, 0.3) is 5.91 Å². The van der Waals surface area contributed by atoms with Gasteiger partial charge in [0.1, 0.15) is 5.76 Å². The molecule has 2 rings (SSSR count). The summed E-state index contributed by atoms with van der Waals surface area (Å²) in [7, 11) is 0. The fraction of sp³-hybridized carbons (Fsp3) is 0.667. The molecule has 1 saturated heterocycles. The van der Waals surface area contributed by atoms with Crippen LogP contribution >= 0.6 is 0 Å². The first-order chi connectivity index (χ1) is 11.0. The standard InChI is InChI=1S/C15H23N3O5/c1-3-22-7-5-14(20)18-6-4-11(13(19)9-18)16-15(21)12-8-10(2)23-17-12/h8,11,13,19H,3-7,9H2,1-2H3,(H,16,21). The number of rotatable bonds is 6. The molecule has 1 aliphatic rings. The van der Waals surface area contributed by atoms with Crippen molar-refractivity contribution in [2.24, 2.45) is 0 Å². The predicted octanol–water partition coefficient (Wildman–Crippen LogP) is 0.101. The summed E-state index contributed by atoms with van der Waals surface area (Å²) in [6.07, 6.45) is -0.0170. The minimum absolute atomic E-state index is 0.0468. The van der Waals surface area contributed by atoms with Crippen LogP contribution in [0.1, 0.15) is 36.0 Å². The van der Waals surface area contributed by atoms with E-state index in [4.69, 9.17) is 9.26 Å². The molecule has 128 valence electrons. The van der Waals surface area contributed by atoms with Gasteiger partial charge in [0, 0.05) is 25.8 Å². The van der Waals surface area contributed by atoms with Crippen LogP contribution in [0.4, 0.5) is 0 Å². The quantitative estimate of drug-likeness (QED) is 0.719. The van der Waals surface area contributed by atoms with Gasteiger partial charge in [-0.1, -0.05) is 5.16 Å². The molecule has 2 heterocycles. The summed E-state index contributed by atoms with van der Waals surface area (Å²) in [5.74, 6) is 0.113. The number of aliphatic hydroxyl groups excluding tert-OH is 1. The molecule has 0 radical (unpaired) electrons. The topological polar surface area (TPSA) is 105 Å². The first-order valence-corrected chi connectivity index (χ1v) is 7.79. The van der Waals surface area contributed by atoms with Gasteiger partial charge < -0.3 is 24.6 Å². The third-order valence-corrected chi connectivity index (χ3v) is 3.78. The Morgan fingerprint density at radius 1 is 1.57 bits per heavy atom. The lowest BCUT2D eigenvalue weighted by Gasteiger charge is -2.36. The number of β-amino-alcohol motifs (C(OH)–C–C–N with tert-alkyl or cyclic N) is 1. The molecular weight excluding hydrogens is 302 g/mol. The molecule has 2 unspecified atom stereocenters. The number of carbonyl (C=O) groups excluding carboxylic acids is 2. The zero-order valence-corrected chi connectivity index (χ0v) is 13.4. The van der Waals surface area contributed by atoms with Gasteiger partial charge in [-0.25, -0.2) is 0 Å². The molecule has 2 atom stereocenters. The van der Waals surface area contributed by atoms with Crippen molar-refractivity contribution < 1.29 is 24.0 Å². The molecule has 1 aromatic heterocycles. The van der Waals surface area contributed by atoms with Crippen LogP contribution in [-0.2, 0) is 9.53 Å². The molecule has 8 nitrogen and oxygen atoms in total. The normalized spacial score (nSPS) is 21.3. The van der Waals surface area contributed by atoms with Crippen LogP contribution in [0.2, 0.25) is 0 Å². The first kappa shape index (κ1) is 17.4. The van der Waals surface area contributed by atoms with Crippen molar-refractivity contribution in [2.45, 2.75) is 38.8 Å². The Morgan fingerprint density at radius 3 is 2.96 bits per heavy atom. The number of nitrogens with zero attached hydrogens (tertiary/aromatic N) is 2. The fourth-order valence-electron chi connectivity index (χ4n) is 2.50. The molecule has 23 heavy (non-hydrogen) atoms. The number of hydrogen-bond donors (Lipinski definition) is 2. The number of aliphatic hydroxyl groups is 1. The van der Waals surface area contributed by atoms with E-state index < -0.39 is 12.1 Å². The maximum atomic E-state index is 12.0. The highest BCUT2D eigenvalue weighted by molar-refractivity contribution is 5.92. The number of aromatic nitrogens is 1. The van der Waals surface area contributed by atoms with E-state index in [1.54, 1.807) is 11.8 Å². The molecule has 1 fully saturated rings. The highest BCUT2D eigenvalue weighted by Gasteiger charge is 2.31. The minimum atomic E-state index is -0.809. The SMILES string of the molecule is CCOCCC(=O)N1CCC(NC(=O)c2cc(C)on2)C(O)C1. The van der Waals surface area contributed by atoms with Gasteiger partial charge in [-0.2, -0.15) is 0 Å². The number of amides is 2. The minimum Gasteiger partial charge on any atom is -0.389 e. The second kappa shape index (κ2) is 8.07. The number of hydrogen-bond acceptors (Lipinski definition) is 6. The molecule has 2 amide bonds. The summed E-state index contributed by atoms with van der Waals surface area (Å²) in [6, 6.07) is 1.13. The van der Waals surface area contributed by atoms with Crippen LogP contribution in [0, 0.1) is 6.92 Å². The molecule has 0 aliphatic carbocycles. The van der Waals surface area contributed by atoms with Crippen LogP contribution in [0.5, 0.6) is 0 Å². The Bertz CT molecular complexity index is 545. The summed E-state index contributed by atoms with van der Waals surface area (Å²) in [4.78, 5) is 25.6. The maximum Gasteiger partial charge on any atom is 0.273 e. The lowest BCUT2D eigenvalue weighted by Crippen LogP contribution is -2.55. The molecule has 0 saturated carbocycles. The van der Waals surface area contributed by atoms with Crippen molar-refractivity contribution in [1.29, 1.82) is 0 Å². The van der Waals surface area contributed by atoms with Crippen molar-refractivity contribution in [1.82, 2.24) is 15.4 Å². The van der Waals surface area contributed by atoms with E-state index in [0.717, 1.165) is 0 Å². The van der Waals surface area contributed by atoms with Gasteiger partial charge in [-0.3, -0.25) is 9.59 Å². The number of carbonyl (C=O) groups is 2. The Kier molecular flexibility index (Phi) is 6.12. The van der Waals surface area contributed by atoms with Crippen LogP contribution in [0.25, 0.3) is 0 Å². The molecular formula is C15H23N3O5. The zero-order chi connectivity index (χ0) is 16.8. The Balaban J connectivity index is 1.81. The van der Waals surface area contributed by atoms with Crippen molar-refractivity contribution in [3.05, 3.63) is 17.5 Å². The van der Waals surface area contributed by atoms with E-state index in [1.807, 2.05) is 6.92 Å². The second-order valence-corrected chi connectivity index (χ2v) is 5.55. The van der Waals surface area contributed by atoms with Crippen LogP contribution in [-0.4, -0.2) is 65.4 Å². The lowest BCUT2D eigenvalue weighted by molar-refractivity contribution is -0.135. The van der Waals surface area contributed by atoms with E-state index in [2.05, 4.69) is 10.5 Å².